The van der Waals surface area contributed by atoms with Crippen molar-refractivity contribution in [2.24, 2.45) is 0 Å². The van der Waals surface area contributed by atoms with Crippen molar-refractivity contribution in [2.75, 3.05) is 0 Å². The summed E-state index contributed by atoms with van der Waals surface area (Å²) in [5.74, 6) is 0.0716. The number of carbonyl (C=O) groups excluding carboxylic acids is 1. The second kappa shape index (κ2) is 10.4. The van der Waals surface area contributed by atoms with Crippen LogP contribution in [0.3, 0.4) is 0 Å². The molecule has 0 aliphatic carbocycles. The Balaban J connectivity index is 2.00. The summed E-state index contributed by atoms with van der Waals surface area (Å²) in [6.07, 6.45) is 12.1. The number of thiazole rings is 1. The standard InChI is InChI=1S/C10H5N2OS2.3C4H9.Sn/c13-9(7-2-1-4-14-7)8-10-12(6-11-8)3-5-15-10;3*1-3-4-2;/h1-4,6H;3*1,3-4H2,2H3;. The van der Waals surface area contributed by atoms with Crippen molar-refractivity contribution in [1.82, 2.24) is 9.38 Å². The summed E-state index contributed by atoms with van der Waals surface area (Å²) in [5, 5.41) is 1.96. The molecule has 152 valence electrons. The number of ketones is 1. The van der Waals surface area contributed by atoms with Crippen molar-refractivity contribution in [3.05, 3.63) is 40.6 Å². The van der Waals surface area contributed by atoms with Gasteiger partial charge >= 0.3 is 182 Å². The third kappa shape index (κ3) is 4.73. The SMILES string of the molecule is CCC[CH2][Sn]([CH2]CCC)([CH2]CCC)[c]1cn2cnc(C(=O)c3cccs3)c2s1. The Morgan fingerprint density at radius 1 is 1.07 bits per heavy atom. The van der Waals surface area contributed by atoms with E-state index >= 15 is 0 Å². The third-order valence-corrected chi connectivity index (χ3v) is 25.9. The zero-order valence-electron chi connectivity index (χ0n) is 17.4. The van der Waals surface area contributed by atoms with Gasteiger partial charge in [0.2, 0.25) is 0 Å². The number of fused-ring (bicyclic) bond motifs is 1. The first-order valence-electron chi connectivity index (χ1n) is 10.7. The molecule has 3 aromatic heterocycles. The molecular weight excluding hydrogens is 491 g/mol. The quantitative estimate of drug-likeness (QED) is 0.195. The third-order valence-electron chi connectivity index (χ3n) is 5.72. The molecule has 0 aliphatic heterocycles. The Labute approximate surface area is 181 Å². The molecule has 0 fully saturated rings. The van der Waals surface area contributed by atoms with Gasteiger partial charge in [-0.2, -0.15) is 0 Å². The van der Waals surface area contributed by atoms with E-state index in [0.29, 0.717) is 5.69 Å². The van der Waals surface area contributed by atoms with Crippen LogP contribution in [-0.2, 0) is 0 Å². The van der Waals surface area contributed by atoms with Crippen LogP contribution in [0.2, 0.25) is 13.3 Å². The molecule has 0 atom stereocenters. The van der Waals surface area contributed by atoms with E-state index in [2.05, 4.69) is 36.4 Å². The molecule has 0 spiro atoms. The van der Waals surface area contributed by atoms with E-state index in [1.165, 1.54) is 63.2 Å². The van der Waals surface area contributed by atoms with Gasteiger partial charge in [-0.1, -0.05) is 0 Å². The summed E-state index contributed by atoms with van der Waals surface area (Å²) >= 11 is 0.934. The minimum atomic E-state index is -2.46. The molecule has 0 aromatic carbocycles. The summed E-state index contributed by atoms with van der Waals surface area (Å²) in [7, 11) is 0. The van der Waals surface area contributed by atoms with Crippen molar-refractivity contribution in [2.45, 2.75) is 72.6 Å². The molecule has 0 radical (unpaired) electrons. The first kappa shape index (κ1) is 22.0. The van der Waals surface area contributed by atoms with Crippen molar-refractivity contribution in [3.8, 4) is 0 Å². The molecule has 3 nitrogen and oxygen atoms in total. The van der Waals surface area contributed by atoms with Crippen LogP contribution in [0.15, 0.2) is 30.0 Å². The van der Waals surface area contributed by atoms with Gasteiger partial charge in [0.05, 0.1) is 0 Å². The van der Waals surface area contributed by atoms with Gasteiger partial charge < -0.3 is 0 Å². The Morgan fingerprint density at radius 2 is 1.71 bits per heavy atom. The maximum atomic E-state index is 12.9. The van der Waals surface area contributed by atoms with Crippen LogP contribution < -0.4 is 2.89 Å². The normalized spacial score (nSPS) is 12.1. The second-order valence-corrected chi connectivity index (χ2v) is 23.9. The number of aromatic nitrogens is 2. The summed E-state index contributed by atoms with van der Waals surface area (Å²) in [6, 6.07) is 3.84. The fourth-order valence-electron chi connectivity index (χ4n) is 4.02. The van der Waals surface area contributed by atoms with Gasteiger partial charge in [-0.3, -0.25) is 0 Å². The van der Waals surface area contributed by atoms with Crippen molar-refractivity contribution >= 4 is 54.6 Å². The van der Waals surface area contributed by atoms with E-state index in [9.17, 15) is 4.79 Å². The Bertz CT molecular complexity index is 860. The number of nitrogens with zero attached hydrogens (tertiary/aromatic N) is 2. The van der Waals surface area contributed by atoms with Crippen molar-refractivity contribution in [1.29, 1.82) is 0 Å². The van der Waals surface area contributed by atoms with Crippen LogP contribution in [0.5, 0.6) is 0 Å². The Kier molecular flexibility index (Phi) is 8.18. The molecule has 0 bridgehead atoms. The summed E-state index contributed by atoms with van der Waals surface area (Å²) in [4.78, 5) is 19.2. The van der Waals surface area contributed by atoms with Crippen molar-refractivity contribution in [3.63, 3.8) is 0 Å². The number of hydrogen-bond donors (Lipinski definition) is 0. The maximum absolute atomic E-state index is 12.9. The van der Waals surface area contributed by atoms with Gasteiger partial charge in [-0.05, 0) is 0 Å². The minimum absolute atomic E-state index is 0.0716. The first-order valence-corrected chi connectivity index (χ1v) is 19.9. The van der Waals surface area contributed by atoms with Crippen LogP contribution >= 0.6 is 22.7 Å². The number of thiophene rings is 1. The van der Waals surface area contributed by atoms with Crippen LogP contribution in [0.1, 0.15) is 74.7 Å². The van der Waals surface area contributed by atoms with Crippen LogP contribution in [0.25, 0.3) is 4.83 Å². The number of hydrogen-bond acceptors (Lipinski definition) is 4. The molecular formula is C22H32N2OS2Sn. The monoisotopic (exact) mass is 524 g/mol. The van der Waals surface area contributed by atoms with E-state index in [1.807, 2.05) is 35.2 Å². The fourth-order valence-corrected chi connectivity index (χ4v) is 24.7. The van der Waals surface area contributed by atoms with Crippen molar-refractivity contribution < 1.29 is 4.79 Å². The summed E-state index contributed by atoms with van der Waals surface area (Å²) < 4.78 is 8.15. The molecule has 0 amide bonds. The van der Waals surface area contributed by atoms with E-state index in [1.54, 1.807) is 2.89 Å². The molecule has 0 aliphatic rings. The molecule has 6 heteroatoms. The Hall–Kier alpha value is -0.661. The van der Waals surface area contributed by atoms with Gasteiger partial charge in [0.25, 0.3) is 0 Å². The van der Waals surface area contributed by atoms with E-state index < -0.39 is 18.4 Å². The molecule has 3 rings (SSSR count). The predicted octanol–water partition coefficient (Wildman–Crippen LogP) is 6.74. The van der Waals surface area contributed by atoms with E-state index in [4.69, 9.17) is 0 Å². The average molecular weight is 523 g/mol. The topological polar surface area (TPSA) is 34.4 Å². The molecule has 0 saturated heterocycles. The Morgan fingerprint density at radius 3 is 2.25 bits per heavy atom. The summed E-state index contributed by atoms with van der Waals surface area (Å²) in [5.41, 5.74) is 0.639. The van der Waals surface area contributed by atoms with Gasteiger partial charge in [-0.25, -0.2) is 0 Å². The van der Waals surface area contributed by atoms with Gasteiger partial charge in [-0.15, -0.1) is 0 Å². The average Bonchev–Trinajstić information content (AvgIpc) is 3.44. The second-order valence-electron chi connectivity index (χ2n) is 7.80. The predicted molar refractivity (Wildman–Crippen MR) is 125 cm³/mol. The van der Waals surface area contributed by atoms with Gasteiger partial charge in [0.15, 0.2) is 0 Å². The molecule has 3 aromatic rings. The van der Waals surface area contributed by atoms with Gasteiger partial charge in [0, 0.05) is 0 Å². The molecule has 0 saturated carbocycles. The molecule has 28 heavy (non-hydrogen) atoms. The molecule has 0 N–H and O–H groups in total. The van der Waals surface area contributed by atoms with Crippen LogP contribution in [-0.4, -0.2) is 33.5 Å². The number of unbranched alkanes of at least 4 members (excludes halogenated alkanes) is 3. The summed E-state index contributed by atoms with van der Waals surface area (Å²) in [6.45, 7) is 6.95. The number of rotatable bonds is 12. The van der Waals surface area contributed by atoms with Crippen LogP contribution in [0, 0.1) is 0 Å². The van der Waals surface area contributed by atoms with Crippen LogP contribution in [0.4, 0.5) is 0 Å². The number of imidazole rings is 1. The zero-order chi connectivity index (χ0) is 20.0. The molecule has 3 heterocycles. The first-order chi connectivity index (χ1) is 13.6. The van der Waals surface area contributed by atoms with Gasteiger partial charge in [0.1, 0.15) is 0 Å². The fraction of sp³-hybridized carbons (Fsp3) is 0.545. The van der Waals surface area contributed by atoms with E-state index in [-0.39, 0.29) is 5.78 Å². The zero-order valence-corrected chi connectivity index (χ0v) is 21.9. The number of carbonyl (C=O) groups is 1. The molecule has 0 unspecified atom stereocenters. The van der Waals surface area contributed by atoms with E-state index in [0.717, 1.165) is 9.71 Å².